The van der Waals surface area contributed by atoms with Crippen molar-refractivity contribution in [1.82, 2.24) is 9.55 Å². The van der Waals surface area contributed by atoms with Crippen LogP contribution in [0.1, 0.15) is 36.8 Å². The third-order valence-electron chi connectivity index (χ3n) is 2.74. The van der Waals surface area contributed by atoms with Crippen molar-refractivity contribution < 1.29 is 9.53 Å². The maximum Gasteiger partial charge on any atom is 0.168 e. The minimum atomic E-state index is 0.151. The third kappa shape index (κ3) is 1.46. The first-order chi connectivity index (χ1) is 6.72. The minimum absolute atomic E-state index is 0.151. The lowest BCUT2D eigenvalue weighted by Crippen LogP contribution is -2.17. The Morgan fingerprint density at radius 3 is 3.00 bits per heavy atom. The summed E-state index contributed by atoms with van der Waals surface area (Å²) in [4.78, 5) is 14.7. The molecule has 0 amide bonds. The van der Waals surface area contributed by atoms with Crippen LogP contribution in [0.5, 0.6) is 0 Å². The lowest BCUT2D eigenvalue weighted by Gasteiger charge is -2.16. The van der Waals surface area contributed by atoms with Crippen LogP contribution in [0.4, 0.5) is 0 Å². The maximum absolute atomic E-state index is 10.7. The lowest BCUT2D eigenvalue weighted by molar-refractivity contribution is 0.0571. The molecule has 1 aliphatic rings. The van der Waals surface area contributed by atoms with Crippen LogP contribution in [-0.4, -0.2) is 28.0 Å². The Morgan fingerprint density at radius 1 is 1.64 bits per heavy atom. The van der Waals surface area contributed by atoms with Crippen LogP contribution in [0.3, 0.4) is 0 Å². The van der Waals surface area contributed by atoms with Gasteiger partial charge in [0.1, 0.15) is 5.69 Å². The van der Waals surface area contributed by atoms with E-state index in [4.69, 9.17) is 4.74 Å². The van der Waals surface area contributed by atoms with Crippen molar-refractivity contribution in [2.75, 3.05) is 0 Å². The summed E-state index contributed by atoms with van der Waals surface area (Å²) < 4.78 is 7.54. The van der Waals surface area contributed by atoms with Crippen LogP contribution in [0.25, 0.3) is 0 Å². The van der Waals surface area contributed by atoms with Gasteiger partial charge in [0.2, 0.25) is 0 Å². The molecule has 1 aromatic rings. The van der Waals surface area contributed by atoms with Crippen molar-refractivity contribution in [3.05, 3.63) is 18.2 Å². The molecule has 0 spiro atoms. The highest BCUT2D eigenvalue weighted by molar-refractivity contribution is 5.71. The molecule has 2 heterocycles. The number of rotatable bonds is 2. The van der Waals surface area contributed by atoms with Crippen molar-refractivity contribution >= 4 is 6.29 Å². The Morgan fingerprint density at radius 2 is 2.43 bits per heavy atom. The molecule has 3 unspecified atom stereocenters. The first-order valence-corrected chi connectivity index (χ1v) is 4.85. The second-order valence-electron chi connectivity index (χ2n) is 3.80. The Hall–Kier alpha value is -1.16. The molecule has 0 bridgehead atoms. The topological polar surface area (TPSA) is 44.1 Å². The first kappa shape index (κ1) is 9.40. The van der Waals surface area contributed by atoms with Gasteiger partial charge in [0.15, 0.2) is 6.29 Å². The number of ether oxygens (including phenoxy) is 1. The predicted molar refractivity (Wildman–Crippen MR) is 51.3 cm³/mol. The molecule has 0 aromatic carbocycles. The van der Waals surface area contributed by atoms with Gasteiger partial charge in [-0.15, -0.1) is 0 Å². The highest BCUT2D eigenvalue weighted by atomic mass is 16.5. The molecule has 2 rings (SSSR count). The summed E-state index contributed by atoms with van der Waals surface area (Å²) in [6, 6.07) is 0.243. The van der Waals surface area contributed by atoms with Gasteiger partial charge in [0, 0.05) is 0 Å². The third-order valence-corrected chi connectivity index (χ3v) is 2.74. The standard InChI is InChI=1S/C10H14N2O2/c1-7-3-10(8(2)14-7)12-6-11-4-9(12)5-13/h4-8,10H,3H2,1-2H3. The zero-order valence-corrected chi connectivity index (χ0v) is 8.38. The van der Waals surface area contributed by atoms with E-state index in [1.165, 1.54) is 0 Å². The smallest absolute Gasteiger partial charge is 0.168 e. The number of hydrogen-bond acceptors (Lipinski definition) is 3. The molecule has 1 aromatic heterocycles. The molecule has 1 aliphatic heterocycles. The Kier molecular flexibility index (Phi) is 2.37. The fourth-order valence-electron chi connectivity index (χ4n) is 2.07. The van der Waals surface area contributed by atoms with Crippen molar-refractivity contribution in [3.63, 3.8) is 0 Å². The maximum atomic E-state index is 10.7. The highest BCUT2D eigenvalue weighted by Crippen LogP contribution is 2.30. The van der Waals surface area contributed by atoms with Gasteiger partial charge in [0.25, 0.3) is 0 Å². The van der Waals surface area contributed by atoms with Crippen molar-refractivity contribution in [2.24, 2.45) is 0 Å². The SMILES string of the molecule is CC1CC(n2cncc2C=O)C(C)O1. The van der Waals surface area contributed by atoms with Gasteiger partial charge < -0.3 is 9.30 Å². The van der Waals surface area contributed by atoms with Gasteiger partial charge in [-0.1, -0.05) is 0 Å². The Labute approximate surface area is 82.9 Å². The molecule has 0 saturated carbocycles. The number of imidazole rings is 1. The van der Waals surface area contributed by atoms with E-state index >= 15 is 0 Å². The van der Waals surface area contributed by atoms with E-state index in [2.05, 4.69) is 4.98 Å². The predicted octanol–water partition coefficient (Wildman–Crippen LogP) is 1.43. The fourth-order valence-corrected chi connectivity index (χ4v) is 2.07. The number of hydrogen-bond donors (Lipinski definition) is 0. The normalized spacial score (nSPS) is 32.0. The molecular formula is C10H14N2O2. The van der Waals surface area contributed by atoms with Gasteiger partial charge in [-0.25, -0.2) is 4.98 Å². The average Bonchev–Trinajstić information content (AvgIpc) is 2.71. The molecule has 1 saturated heterocycles. The second-order valence-corrected chi connectivity index (χ2v) is 3.80. The van der Waals surface area contributed by atoms with E-state index < -0.39 is 0 Å². The summed E-state index contributed by atoms with van der Waals surface area (Å²) in [5, 5.41) is 0. The summed E-state index contributed by atoms with van der Waals surface area (Å²) in [6.07, 6.45) is 5.48. The Balaban J connectivity index is 2.26. The van der Waals surface area contributed by atoms with Crippen LogP contribution in [0.2, 0.25) is 0 Å². The van der Waals surface area contributed by atoms with Crippen molar-refractivity contribution in [3.8, 4) is 0 Å². The molecule has 76 valence electrons. The molecule has 0 N–H and O–H groups in total. The first-order valence-electron chi connectivity index (χ1n) is 4.85. The monoisotopic (exact) mass is 194 g/mol. The van der Waals surface area contributed by atoms with E-state index in [0.29, 0.717) is 5.69 Å². The van der Waals surface area contributed by atoms with Gasteiger partial charge in [-0.3, -0.25) is 4.79 Å². The second kappa shape index (κ2) is 3.53. The van der Waals surface area contributed by atoms with E-state index in [0.717, 1.165) is 12.7 Å². The Bertz CT molecular complexity index is 335. The zero-order chi connectivity index (χ0) is 10.1. The fraction of sp³-hybridized carbons (Fsp3) is 0.600. The van der Waals surface area contributed by atoms with Crippen LogP contribution >= 0.6 is 0 Å². The van der Waals surface area contributed by atoms with E-state index in [-0.39, 0.29) is 18.2 Å². The highest BCUT2D eigenvalue weighted by Gasteiger charge is 2.31. The molecule has 0 radical (unpaired) electrons. The van der Waals surface area contributed by atoms with Gasteiger partial charge in [-0.05, 0) is 20.3 Å². The van der Waals surface area contributed by atoms with E-state index in [9.17, 15) is 4.79 Å². The summed E-state index contributed by atoms with van der Waals surface area (Å²) in [6.45, 7) is 4.08. The molecule has 0 aliphatic carbocycles. The molecule has 3 atom stereocenters. The number of carbonyl (C=O) groups is 1. The largest absolute Gasteiger partial charge is 0.373 e. The quantitative estimate of drug-likeness (QED) is 0.669. The molecule has 1 fully saturated rings. The summed E-state index contributed by atoms with van der Waals surface area (Å²) in [7, 11) is 0. The van der Waals surface area contributed by atoms with Crippen LogP contribution in [0.15, 0.2) is 12.5 Å². The summed E-state index contributed by atoms with van der Waals surface area (Å²) in [5.74, 6) is 0. The molecule has 4 nitrogen and oxygen atoms in total. The van der Waals surface area contributed by atoms with Crippen molar-refractivity contribution in [2.45, 2.75) is 38.5 Å². The molecular weight excluding hydrogens is 180 g/mol. The van der Waals surface area contributed by atoms with Crippen LogP contribution in [0, 0.1) is 0 Å². The number of aldehydes is 1. The number of nitrogens with zero attached hydrogens (tertiary/aromatic N) is 2. The zero-order valence-electron chi connectivity index (χ0n) is 8.38. The molecule has 4 heteroatoms. The van der Waals surface area contributed by atoms with Gasteiger partial charge >= 0.3 is 0 Å². The minimum Gasteiger partial charge on any atom is -0.373 e. The number of carbonyl (C=O) groups excluding carboxylic acids is 1. The van der Waals surface area contributed by atoms with Gasteiger partial charge in [-0.2, -0.15) is 0 Å². The van der Waals surface area contributed by atoms with E-state index in [1.54, 1.807) is 12.5 Å². The van der Waals surface area contributed by atoms with Gasteiger partial charge in [0.05, 0.1) is 30.8 Å². The van der Waals surface area contributed by atoms with Crippen LogP contribution < -0.4 is 0 Å². The van der Waals surface area contributed by atoms with E-state index in [1.807, 2.05) is 18.4 Å². The lowest BCUT2D eigenvalue weighted by atomic mass is 10.1. The average molecular weight is 194 g/mol. The summed E-state index contributed by atoms with van der Waals surface area (Å²) in [5.41, 5.74) is 0.625. The number of aromatic nitrogens is 2. The molecule has 14 heavy (non-hydrogen) atoms. The van der Waals surface area contributed by atoms with Crippen molar-refractivity contribution in [1.29, 1.82) is 0 Å². The summed E-state index contributed by atoms with van der Waals surface area (Å²) >= 11 is 0. The van der Waals surface area contributed by atoms with Crippen LogP contribution in [-0.2, 0) is 4.74 Å².